The quantitative estimate of drug-likeness (QED) is 0.676. The molecule has 0 fully saturated rings. The van der Waals surface area contributed by atoms with Gasteiger partial charge >= 0.3 is 0 Å². The van der Waals surface area contributed by atoms with Crippen LogP contribution in [0.2, 0.25) is 0 Å². The molecule has 0 saturated carbocycles. The maximum atomic E-state index is 12.5. The number of hydrogen-bond donors (Lipinski definition) is 1. The van der Waals surface area contributed by atoms with Gasteiger partial charge in [0.1, 0.15) is 11.5 Å². The molecule has 1 rings (SSSR count). The average molecular weight is 158 g/mol. The first-order valence-electron chi connectivity index (χ1n) is 3.11. The molecule has 0 aliphatic rings. The Morgan fingerprint density at radius 1 is 1.45 bits per heavy atom. The summed E-state index contributed by atoms with van der Waals surface area (Å²) in [7, 11) is 0. The Hall–Kier alpha value is -1.19. The molecule has 0 atom stereocenters. The highest BCUT2D eigenvalue weighted by atomic mass is 19.3. The van der Waals surface area contributed by atoms with Gasteiger partial charge in [-0.05, 0) is 12.1 Å². The Bertz CT molecular complexity index is 255. The van der Waals surface area contributed by atoms with E-state index in [9.17, 15) is 8.78 Å². The SMILES string of the molecule is CC(F)(F)c1cccc(N)n1. The number of nitrogens with zero attached hydrogens (tertiary/aromatic N) is 1. The highest BCUT2D eigenvalue weighted by Gasteiger charge is 2.25. The Labute approximate surface area is 63.1 Å². The number of hydrogen-bond acceptors (Lipinski definition) is 2. The molecule has 60 valence electrons. The molecular formula is C7H8F2N2. The third-order valence-electron chi connectivity index (χ3n) is 1.22. The molecule has 0 aliphatic carbocycles. The molecule has 0 aliphatic heterocycles. The molecule has 0 spiro atoms. The second-order valence-electron chi connectivity index (χ2n) is 2.34. The fourth-order valence-electron chi connectivity index (χ4n) is 0.696. The van der Waals surface area contributed by atoms with Crippen LogP contribution >= 0.6 is 0 Å². The van der Waals surface area contributed by atoms with Gasteiger partial charge in [0.2, 0.25) is 0 Å². The summed E-state index contributed by atoms with van der Waals surface area (Å²) in [4.78, 5) is 3.47. The minimum absolute atomic E-state index is 0.115. The van der Waals surface area contributed by atoms with Crippen molar-refractivity contribution in [2.45, 2.75) is 12.8 Å². The standard InChI is InChI=1S/C7H8F2N2/c1-7(8,9)5-3-2-4-6(10)11-5/h2-4H,1H3,(H2,10,11). The summed E-state index contributed by atoms with van der Waals surface area (Å²) in [5, 5.41) is 0. The zero-order valence-corrected chi connectivity index (χ0v) is 6.01. The minimum Gasteiger partial charge on any atom is -0.384 e. The van der Waals surface area contributed by atoms with E-state index in [1.807, 2.05) is 0 Å². The van der Waals surface area contributed by atoms with Gasteiger partial charge in [-0.15, -0.1) is 0 Å². The van der Waals surface area contributed by atoms with Gasteiger partial charge in [-0.1, -0.05) is 6.07 Å². The first-order valence-corrected chi connectivity index (χ1v) is 3.11. The molecular weight excluding hydrogens is 150 g/mol. The lowest BCUT2D eigenvalue weighted by Gasteiger charge is -2.08. The Kier molecular flexibility index (Phi) is 1.76. The zero-order valence-electron chi connectivity index (χ0n) is 6.01. The van der Waals surface area contributed by atoms with Crippen LogP contribution in [0.5, 0.6) is 0 Å². The number of pyridine rings is 1. The summed E-state index contributed by atoms with van der Waals surface area (Å²) >= 11 is 0. The Morgan fingerprint density at radius 3 is 2.45 bits per heavy atom. The number of anilines is 1. The predicted octanol–water partition coefficient (Wildman–Crippen LogP) is 1.78. The molecule has 0 unspecified atom stereocenters. The van der Waals surface area contributed by atoms with Crippen molar-refractivity contribution in [3.63, 3.8) is 0 Å². The van der Waals surface area contributed by atoms with Crippen LogP contribution in [0.15, 0.2) is 18.2 Å². The fourth-order valence-corrected chi connectivity index (χ4v) is 0.696. The van der Waals surface area contributed by atoms with E-state index in [0.29, 0.717) is 0 Å². The van der Waals surface area contributed by atoms with Crippen LogP contribution in [0.4, 0.5) is 14.6 Å². The van der Waals surface area contributed by atoms with Crippen molar-refractivity contribution in [3.05, 3.63) is 23.9 Å². The maximum Gasteiger partial charge on any atom is 0.287 e. The van der Waals surface area contributed by atoms with Crippen molar-refractivity contribution in [1.29, 1.82) is 0 Å². The second-order valence-corrected chi connectivity index (χ2v) is 2.34. The van der Waals surface area contributed by atoms with Crippen molar-refractivity contribution < 1.29 is 8.78 Å². The molecule has 2 nitrogen and oxygen atoms in total. The number of halogens is 2. The molecule has 4 heteroatoms. The van der Waals surface area contributed by atoms with Crippen molar-refractivity contribution in [2.75, 3.05) is 5.73 Å². The van der Waals surface area contributed by atoms with E-state index in [4.69, 9.17) is 5.73 Å². The smallest absolute Gasteiger partial charge is 0.287 e. The van der Waals surface area contributed by atoms with Crippen LogP contribution in [-0.4, -0.2) is 4.98 Å². The summed E-state index contributed by atoms with van der Waals surface area (Å²) in [6.07, 6.45) is 0. The molecule has 1 aromatic rings. The molecule has 2 N–H and O–H groups in total. The van der Waals surface area contributed by atoms with E-state index in [0.717, 1.165) is 6.92 Å². The fraction of sp³-hybridized carbons (Fsp3) is 0.286. The lowest BCUT2D eigenvalue weighted by Crippen LogP contribution is -2.10. The number of nitrogens with two attached hydrogens (primary N) is 1. The average Bonchev–Trinajstić information content (AvgIpc) is 1.86. The van der Waals surface area contributed by atoms with Crippen molar-refractivity contribution in [2.24, 2.45) is 0 Å². The Morgan fingerprint density at radius 2 is 2.09 bits per heavy atom. The van der Waals surface area contributed by atoms with E-state index < -0.39 is 5.92 Å². The van der Waals surface area contributed by atoms with Crippen LogP contribution in [0.1, 0.15) is 12.6 Å². The van der Waals surface area contributed by atoms with Crippen LogP contribution in [0.25, 0.3) is 0 Å². The minimum atomic E-state index is -2.91. The highest BCUT2D eigenvalue weighted by molar-refractivity contribution is 5.29. The summed E-state index contributed by atoms with van der Waals surface area (Å²) in [5.41, 5.74) is 4.92. The normalized spacial score (nSPS) is 11.5. The lowest BCUT2D eigenvalue weighted by atomic mass is 10.2. The number of nitrogen functional groups attached to an aromatic ring is 1. The van der Waals surface area contributed by atoms with Crippen molar-refractivity contribution in [3.8, 4) is 0 Å². The zero-order chi connectivity index (χ0) is 8.48. The summed E-state index contributed by atoms with van der Waals surface area (Å²) in [5.74, 6) is -2.79. The van der Waals surface area contributed by atoms with Gasteiger partial charge in [-0.25, -0.2) is 4.98 Å². The maximum absolute atomic E-state index is 12.5. The van der Waals surface area contributed by atoms with Gasteiger partial charge < -0.3 is 5.73 Å². The van der Waals surface area contributed by atoms with E-state index >= 15 is 0 Å². The third kappa shape index (κ3) is 1.86. The molecule has 1 heterocycles. The monoisotopic (exact) mass is 158 g/mol. The molecule has 0 bridgehead atoms. The van der Waals surface area contributed by atoms with Gasteiger partial charge in [-0.3, -0.25) is 0 Å². The van der Waals surface area contributed by atoms with Crippen molar-refractivity contribution >= 4 is 5.82 Å². The van der Waals surface area contributed by atoms with E-state index in [1.165, 1.54) is 18.2 Å². The summed E-state index contributed by atoms with van der Waals surface area (Å²) in [6.45, 7) is 0.786. The molecule has 0 amide bonds. The van der Waals surface area contributed by atoms with Gasteiger partial charge in [0, 0.05) is 6.92 Å². The molecule has 0 radical (unpaired) electrons. The lowest BCUT2D eigenvalue weighted by molar-refractivity contribution is 0.0129. The largest absolute Gasteiger partial charge is 0.384 e. The van der Waals surface area contributed by atoms with Gasteiger partial charge in [0.05, 0.1) is 0 Å². The van der Waals surface area contributed by atoms with Crippen LogP contribution in [-0.2, 0) is 5.92 Å². The van der Waals surface area contributed by atoms with Gasteiger partial charge in [-0.2, -0.15) is 8.78 Å². The van der Waals surface area contributed by atoms with Crippen LogP contribution in [0, 0.1) is 0 Å². The number of rotatable bonds is 1. The first kappa shape index (κ1) is 7.91. The number of aromatic nitrogens is 1. The first-order chi connectivity index (χ1) is 5.00. The second kappa shape index (κ2) is 2.45. The van der Waals surface area contributed by atoms with Crippen LogP contribution in [0.3, 0.4) is 0 Å². The molecule has 0 aromatic carbocycles. The number of alkyl halides is 2. The highest BCUT2D eigenvalue weighted by Crippen LogP contribution is 2.24. The molecule has 11 heavy (non-hydrogen) atoms. The third-order valence-corrected chi connectivity index (χ3v) is 1.22. The summed E-state index contributed by atoms with van der Waals surface area (Å²) < 4.78 is 25.0. The van der Waals surface area contributed by atoms with E-state index in [1.54, 1.807) is 0 Å². The Balaban J connectivity index is 3.06. The van der Waals surface area contributed by atoms with Crippen LogP contribution < -0.4 is 5.73 Å². The van der Waals surface area contributed by atoms with Crippen molar-refractivity contribution in [1.82, 2.24) is 4.98 Å². The molecule has 1 aromatic heterocycles. The topological polar surface area (TPSA) is 38.9 Å². The van der Waals surface area contributed by atoms with E-state index in [-0.39, 0.29) is 11.5 Å². The van der Waals surface area contributed by atoms with Gasteiger partial charge in [0.15, 0.2) is 0 Å². The van der Waals surface area contributed by atoms with E-state index in [2.05, 4.69) is 4.98 Å². The summed E-state index contributed by atoms with van der Waals surface area (Å²) in [6, 6.07) is 4.17. The molecule has 0 saturated heterocycles. The predicted molar refractivity (Wildman–Crippen MR) is 38.2 cm³/mol. The van der Waals surface area contributed by atoms with Gasteiger partial charge in [0.25, 0.3) is 5.92 Å².